The van der Waals surface area contributed by atoms with E-state index in [4.69, 9.17) is 10.9 Å². The molecule has 0 aliphatic rings. The van der Waals surface area contributed by atoms with Crippen molar-refractivity contribution in [2.75, 3.05) is 0 Å². The molecule has 22 heavy (non-hydrogen) atoms. The lowest BCUT2D eigenvalue weighted by Crippen LogP contribution is -2.12. The molecule has 3 N–H and O–H groups in total. The highest BCUT2D eigenvalue weighted by Gasteiger charge is 2.06. The topological polar surface area (TPSA) is 76.4 Å². The molecule has 0 bridgehead atoms. The van der Waals surface area contributed by atoms with Crippen LogP contribution >= 0.6 is 0 Å². The largest absolute Gasteiger partial charge is 0.409 e. The molecule has 3 aromatic rings. The summed E-state index contributed by atoms with van der Waals surface area (Å²) in [5, 5.41) is 11.7. The SMILES string of the molecule is Cc1cc2ncn(Cc3ccc(/C(N)=N/O)cc3)c2cc1C. The van der Waals surface area contributed by atoms with E-state index >= 15 is 0 Å². The van der Waals surface area contributed by atoms with Crippen molar-refractivity contribution < 1.29 is 5.21 Å². The van der Waals surface area contributed by atoms with Crippen LogP contribution in [0.3, 0.4) is 0 Å². The molecule has 0 saturated carbocycles. The lowest BCUT2D eigenvalue weighted by molar-refractivity contribution is 0.318. The predicted octanol–water partition coefficient (Wildman–Crippen LogP) is 2.80. The second-order valence-corrected chi connectivity index (χ2v) is 5.48. The maximum atomic E-state index is 8.68. The fourth-order valence-electron chi connectivity index (χ4n) is 2.47. The van der Waals surface area contributed by atoms with E-state index in [0.29, 0.717) is 5.56 Å². The van der Waals surface area contributed by atoms with Gasteiger partial charge in [0.25, 0.3) is 0 Å². The summed E-state index contributed by atoms with van der Waals surface area (Å²) in [6.07, 6.45) is 1.86. The van der Waals surface area contributed by atoms with E-state index in [1.165, 1.54) is 11.1 Å². The Morgan fingerprint density at radius 1 is 1.18 bits per heavy atom. The highest BCUT2D eigenvalue weighted by molar-refractivity contribution is 5.96. The van der Waals surface area contributed by atoms with Gasteiger partial charge >= 0.3 is 0 Å². The monoisotopic (exact) mass is 294 g/mol. The molecule has 112 valence electrons. The van der Waals surface area contributed by atoms with Crippen molar-refractivity contribution in [2.24, 2.45) is 10.9 Å². The van der Waals surface area contributed by atoms with E-state index in [9.17, 15) is 0 Å². The van der Waals surface area contributed by atoms with Gasteiger partial charge in [0.1, 0.15) is 0 Å². The zero-order valence-corrected chi connectivity index (χ0v) is 12.6. The third kappa shape index (κ3) is 2.53. The zero-order chi connectivity index (χ0) is 15.7. The molecule has 0 aliphatic heterocycles. The standard InChI is InChI=1S/C17H18N4O/c1-11-7-15-16(8-12(11)2)21(10-19-15)9-13-3-5-14(6-4-13)17(18)20-22/h3-8,10,22H,9H2,1-2H3,(H2,18,20). The van der Waals surface area contributed by atoms with E-state index in [-0.39, 0.29) is 5.84 Å². The number of aromatic nitrogens is 2. The number of rotatable bonds is 3. The number of hydrogen-bond donors (Lipinski definition) is 2. The van der Waals surface area contributed by atoms with Crippen LogP contribution in [0, 0.1) is 13.8 Å². The molecule has 0 atom stereocenters. The minimum absolute atomic E-state index is 0.116. The van der Waals surface area contributed by atoms with E-state index in [1.54, 1.807) is 0 Å². The van der Waals surface area contributed by atoms with Crippen molar-refractivity contribution in [1.29, 1.82) is 0 Å². The van der Waals surface area contributed by atoms with Gasteiger partial charge in [-0.15, -0.1) is 0 Å². The van der Waals surface area contributed by atoms with Gasteiger partial charge in [-0.3, -0.25) is 0 Å². The molecule has 0 radical (unpaired) electrons. The first-order valence-corrected chi connectivity index (χ1v) is 7.07. The van der Waals surface area contributed by atoms with Gasteiger partial charge in [-0.25, -0.2) is 4.98 Å². The van der Waals surface area contributed by atoms with Crippen molar-refractivity contribution in [3.8, 4) is 0 Å². The smallest absolute Gasteiger partial charge is 0.170 e. The third-order valence-corrected chi connectivity index (χ3v) is 3.95. The lowest BCUT2D eigenvalue weighted by atomic mass is 10.1. The van der Waals surface area contributed by atoms with Gasteiger partial charge in [-0.2, -0.15) is 0 Å². The van der Waals surface area contributed by atoms with E-state index in [2.05, 4.69) is 40.7 Å². The molecule has 0 aliphatic carbocycles. The maximum absolute atomic E-state index is 8.68. The Balaban J connectivity index is 1.91. The molecular weight excluding hydrogens is 276 g/mol. The molecule has 0 saturated heterocycles. The second kappa shape index (κ2) is 5.52. The Bertz CT molecular complexity index is 847. The number of aryl methyl sites for hydroxylation is 2. The summed E-state index contributed by atoms with van der Waals surface area (Å²) >= 11 is 0. The van der Waals surface area contributed by atoms with Gasteiger partial charge in [0.05, 0.1) is 17.4 Å². The quantitative estimate of drug-likeness (QED) is 0.337. The summed E-state index contributed by atoms with van der Waals surface area (Å²) < 4.78 is 2.13. The highest BCUT2D eigenvalue weighted by Crippen LogP contribution is 2.19. The number of fused-ring (bicyclic) bond motifs is 1. The van der Waals surface area contributed by atoms with Crippen LogP contribution in [0.5, 0.6) is 0 Å². The van der Waals surface area contributed by atoms with Gasteiger partial charge in [-0.1, -0.05) is 29.4 Å². The van der Waals surface area contributed by atoms with Crippen molar-refractivity contribution in [3.05, 3.63) is 65.0 Å². The van der Waals surface area contributed by atoms with Gasteiger partial charge in [0.15, 0.2) is 5.84 Å². The molecule has 5 heteroatoms. The summed E-state index contributed by atoms with van der Waals surface area (Å²) in [7, 11) is 0. The molecule has 1 heterocycles. The van der Waals surface area contributed by atoms with Gasteiger partial charge in [0.2, 0.25) is 0 Å². The Kier molecular flexibility index (Phi) is 3.55. The average Bonchev–Trinajstić information content (AvgIpc) is 2.90. The molecular formula is C17H18N4O. The van der Waals surface area contributed by atoms with Crippen LogP contribution in [0.2, 0.25) is 0 Å². The van der Waals surface area contributed by atoms with Crippen molar-refractivity contribution in [2.45, 2.75) is 20.4 Å². The number of benzene rings is 2. The van der Waals surface area contributed by atoms with E-state index in [0.717, 1.165) is 23.1 Å². The van der Waals surface area contributed by atoms with Crippen molar-refractivity contribution in [3.63, 3.8) is 0 Å². The summed E-state index contributed by atoms with van der Waals surface area (Å²) in [4.78, 5) is 4.47. The Morgan fingerprint density at radius 2 is 1.86 bits per heavy atom. The number of oxime groups is 1. The van der Waals surface area contributed by atoms with Crippen LogP contribution in [0.1, 0.15) is 22.3 Å². The summed E-state index contributed by atoms with van der Waals surface area (Å²) in [6.45, 7) is 4.94. The average molecular weight is 294 g/mol. The molecule has 0 unspecified atom stereocenters. The summed E-state index contributed by atoms with van der Waals surface area (Å²) in [5.41, 5.74) is 12.1. The first-order chi connectivity index (χ1) is 10.6. The van der Waals surface area contributed by atoms with Crippen LogP contribution in [0.25, 0.3) is 11.0 Å². The predicted molar refractivity (Wildman–Crippen MR) is 87.3 cm³/mol. The summed E-state index contributed by atoms with van der Waals surface area (Å²) in [5.74, 6) is 0.116. The molecule has 5 nitrogen and oxygen atoms in total. The van der Waals surface area contributed by atoms with Crippen molar-refractivity contribution in [1.82, 2.24) is 9.55 Å². The fourth-order valence-corrected chi connectivity index (χ4v) is 2.47. The second-order valence-electron chi connectivity index (χ2n) is 5.48. The number of hydrogen-bond acceptors (Lipinski definition) is 3. The van der Waals surface area contributed by atoms with Gasteiger partial charge in [-0.05, 0) is 42.7 Å². The van der Waals surface area contributed by atoms with E-state index < -0.39 is 0 Å². The molecule has 0 amide bonds. The van der Waals surface area contributed by atoms with Gasteiger partial charge in [0, 0.05) is 12.1 Å². The van der Waals surface area contributed by atoms with Crippen LogP contribution in [-0.2, 0) is 6.54 Å². The number of amidine groups is 1. The van der Waals surface area contributed by atoms with Crippen LogP contribution in [-0.4, -0.2) is 20.6 Å². The van der Waals surface area contributed by atoms with Crippen LogP contribution in [0.15, 0.2) is 47.9 Å². The zero-order valence-electron chi connectivity index (χ0n) is 12.6. The minimum Gasteiger partial charge on any atom is -0.409 e. The summed E-state index contributed by atoms with van der Waals surface area (Å²) in [6, 6.07) is 11.9. The fraction of sp³-hybridized carbons (Fsp3) is 0.176. The molecule has 1 aromatic heterocycles. The molecule has 0 fully saturated rings. The minimum atomic E-state index is 0.116. The number of nitrogens with zero attached hydrogens (tertiary/aromatic N) is 3. The molecule has 2 aromatic carbocycles. The Hall–Kier alpha value is -2.82. The van der Waals surface area contributed by atoms with Crippen LogP contribution in [0.4, 0.5) is 0 Å². The Labute approximate surface area is 128 Å². The van der Waals surface area contributed by atoms with E-state index in [1.807, 2.05) is 30.6 Å². The highest BCUT2D eigenvalue weighted by atomic mass is 16.4. The normalized spacial score (nSPS) is 12.0. The third-order valence-electron chi connectivity index (χ3n) is 3.95. The Morgan fingerprint density at radius 3 is 2.55 bits per heavy atom. The number of nitrogens with two attached hydrogens (primary N) is 1. The maximum Gasteiger partial charge on any atom is 0.170 e. The van der Waals surface area contributed by atoms with Gasteiger partial charge < -0.3 is 15.5 Å². The lowest BCUT2D eigenvalue weighted by Gasteiger charge is -2.07. The first kappa shape index (κ1) is 14.1. The number of imidazole rings is 1. The van der Waals surface area contributed by atoms with Crippen molar-refractivity contribution >= 4 is 16.9 Å². The molecule has 3 rings (SSSR count). The van der Waals surface area contributed by atoms with Crippen LogP contribution < -0.4 is 5.73 Å². The first-order valence-electron chi connectivity index (χ1n) is 7.07. The molecule has 0 spiro atoms.